The van der Waals surface area contributed by atoms with Crippen molar-refractivity contribution in [3.8, 4) is 0 Å². The second-order valence-corrected chi connectivity index (χ2v) is 5.73. The van der Waals surface area contributed by atoms with E-state index in [0.29, 0.717) is 0 Å². The van der Waals surface area contributed by atoms with E-state index in [9.17, 15) is 0 Å². The Hall–Kier alpha value is -0.780. The minimum atomic E-state index is 0.807. The highest BCUT2D eigenvalue weighted by Gasteiger charge is 2.29. The van der Waals surface area contributed by atoms with Gasteiger partial charge in [-0.2, -0.15) is 0 Å². The molecular weight excluding hydrogens is 192 g/mol. The van der Waals surface area contributed by atoms with Gasteiger partial charge in [0.05, 0.1) is 0 Å². The van der Waals surface area contributed by atoms with Crippen LogP contribution >= 0.6 is 0 Å². The number of hydrogen-bond donors (Lipinski definition) is 0. The van der Waals surface area contributed by atoms with Crippen LogP contribution in [0.15, 0.2) is 12.1 Å². The third kappa shape index (κ3) is 1.50. The molecule has 0 saturated carbocycles. The number of rotatable bonds is 1. The predicted molar refractivity (Wildman–Crippen MR) is 69.0 cm³/mol. The molecule has 1 aromatic rings. The van der Waals surface area contributed by atoms with Gasteiger partial charge >= 0.3 is 0 Å². The molecule has 3 rings (SSSR count). The fraction of sp³-hybridized carbons (Fsp3) is 0.625. The van der Waals surface area contributed by atoms with Gasteiger partial charge in [-0.25, -0.2) is 0 Å². The second kappa shape index (κ2) is 3.91. The maximum Gasteiger partial charge on any atom is -0.0182 e. The van der Waals surface area contributed by atoms with Crippen LogP contribution < -0.4 is 0 Å². The van der Waals surface area contributed by atoms with Crippen LogP contribution in [0.4, 0.5) is 0 Å². The van der Waals surface area contributed by atoms with Gasteiger partial charge in [-0.1, -0.05) is 26.0 Å². The predicted octanol–water partition coefficient (Wildman–Crippen LogP) is 4.25. The Morgan fingerprint density at radius 2 is 2.19 bits per heavy atom. The molecule has 16 heavy (non-hydrogen) atoms. The number of fused-ring (bicyclic) bond motifs is 1. The third-order valence-corrected chi connectivity index (χ3v) is 4.66. The van der Waals surface area contributed by atoms with Crippen molar-refractivity contribution in [2.75, 3.05) is 0 Å². The number of benzene rings is 1. The van der Waals surface area contributed by atoms with E-state index < -0.39 is 0 Å². The summed E-state index contributed by atoms with van der Waals surface area (Å²) in [4.78, 5) is 0. The zero-order valence-corrected chi connectivity index (χ0v) is 10.6. The average Bonchev–Trinajstić information content (AvgIpc) is 2.47. The first-order chi connectivity index (χ1) is 7.79. The molecule has 0 fully saturated rings. The highest BCUT2D eigenvalue weighted by molar-refractivity contribution is 5.45. The minimum absolute atomic E-state index is 0.807. The van der Waals surface area contributed by atoms with E-state index >= 15 is 0 Å². The van der Waals surface area contributed by atoms with Gasteiger partial charge in [-0.15, -0.1) is 0 Å². The van der Waals surface area contributed by atoms with Crippen molar-refractivity contribution in [2.24, 2.45) is 5.92 Å². The van der Waals surface area contributed by atoms with Crippen LogP contribution in [0, 0.1) is 5.92 Å². The highest BCUT2D eigenvalue weighted by atomic mass is 14.3. The fourth-order valence-electron chi connectivity index (χ4n) is 3.95. The molecule has 0 heterocycles. The summed E-state index contributed by atoms with van der Waals surface area (Å²) < 4.78 is 0. The van der Waals surface area contributed by atoms with Gasteiger partial charge in [-0.05, 0) is 72.6 Å². The van der Waals surface area contributed by atoms with Crippen LogP contribution in [0.2, 0.25) is 0 Å². The quantitative estimate of drug-likeness (QED) is 0.655. The van der Waals surface area contributed by atoms with Crippen molar-refractivity contribution in [3.63, 3.8) is 0 Å². The summed E-state index contributed by atoms with van der Waals surface area (Å²) in [6.07, 6.45) is 8.22. The first-order valence-electron chi connectivity index (χ1n) is 6.93. The summed E-state index contributed by atoms with van der Waals surface area (Å²) in [5.74, 6) is 1.79. The molecule has 0 radical (unpaired) electrons. The smallest absolute Gasteiger partial charge is 0.0182 e. The lowest BCUT2D eigenvalue weighted by Gasteiger charge is -2.31. The van der Waals surface area contributed by atoms with Gasteiger partial charge in [0.1, 0.15) is 0 Å². The van der Waals surface area contributed by atoms with Gasteiger partial charge < -0.3 is 0 Å². The molecule has 0 amide bonds. The van der Waals surface area contributed by atoms with Crippen LogP contribution in [0.1, 0.15) is 61.3 Å². The Bertz CT molecular complexity index is 403. The van der Waals surface area contributed by atoms with E-state index in [-0.39, 0.29) is 0 Å². The van der Waals surface area contributed by atoms with Gasteiger partial charge in [0.25, 0.3) is 0 Å². The molecule has 2 atom stereocenters. The van der Waals surface area contributed by atoms with Crippen molar-refractivity contribution < 1.29 is 0 Å². The Balaban J connectivity index is 2.19. The first kappa shape index (κ1) is 10.4. The molecule has 0 nitrogen and oxygen atoms in total. The molecule has 1 aromatic carbocycles. The Kier molecular flexibility index (Phi) is 2.53. The molecule has 2 bridgehead atoms. The maximum atomic E-state index is 2.44. The topological polar surface area (TPSA) is 0 Å². The normalized spacial score (nSPS) is 27.6. The lowest BCUT2D eigenvalue weighted by Crippen LogP contribution is -2.18. The molecule has 2 aliphatic rings. The first-order valence-corrected chi connectivity index (χ1v) is 6.93. The summed E-state index contributed by atoms with van der Waals surface area (Å²) in [5, 5.41) is 0. The van der Waals surface area contributed by atoms with Crippen molar-refractivity contribution in [2.45, 2.75) is 58.3 Å². The summed E-state index contributed by atoms with van der Waals surface area (Å²) in [6.45, 7) is 4.74. The third-order valence-electron chi connectivity index (χ3n) is 4.66. The molecular formula is C16H22. The fourth-order valence-corrected chi connectivity index (χ4v) is 3.95. The minimum Gasteiger partial charge on any atom is -0.0613 e. The van der Waals surface area contributed by atoms with Crippen molar-refractivity contribution in [3.05, 3.63) is 34.4 Å². The van der Waals surface area contributed by atoms with Crippen LogP contribution in [0.3, 0.4) is 0 Å². The lowest BCUT2D eigenvalue weighted by molar-refractivity contribution is 0.392. The summed E-state index contributed by atoms with van der Waals surface area (Å²) in [6, 6.07) is 4.81. The average molecular weight is 214 g/mol. The van der Waals surface area contributed by atoms with E-state index in [4.69, 9.17) is 0 Å². The molecule has 0 spiro atoms. The van der Waals surface area contributed by atoms with Crippen LogP contribution in [-0.4, -0.2) is 0 Å². The van der Waals surface area contributed by atoms with Gasteiger partial charge in [0.2, 0.25) is 0 Å². The Labute approximate surface area is 99.1 Å². The second-order valence-electron chi connectivity index (χ2n) is 5.73. The molecule has 0 saturated heterocycles. The SMILES string of the molecule is CCc1ccc2c3c1C(C)CC(CCC2)C3. The molecule has 0 N–H and O–H groups in total. The van der Waals surface area contributed by atoms with Crippen molar-refractivity contribution in [1.29, 1.82) is 0 Å². The molecule has 2 aliphatic carbocycles. The highest BCUT2D eigenvalue weighted by Crippen LogP contribution is 2.42. The van der Waals surface area contributed by atoms with Crippen LogP contribution in [0.5, 0.6) is 0 Å². The van der Waals surface area contributed by atoms with Crippen LogP contribution in [0.25, 0.3) is 0 Å². The van der Waals surface area contributed by atoms with E-state index in [1.807, 2.05) is 0 Å². The largest absolute Gasteiger partial charge is 0.0613 e. The monoisotopic (exact) mass is 214 g/mol. The summed E-state index contributed by atoms with van der Waals surface area (Å²) in [5.41, 5.74) is 6.77. The zero-order valence-electron chi connectivity index (χ0n) is 10.6. The van der Waals surface area contributed by atoms with E-state index in [2.05, 4.69) is 26.0 Å². The van der Waals surface area contributed by atoms with Crippen molar-refractivity contribution >= 4 is 0 Å². The van der Waals surface area contributed by atoms with E-state index in [1.54, 1.807) is 22.3 Å². The summed E-state index contributed by atoms with van der Waals surface area (Å²) in [7, 11) is 0. The standard InChI is InChI=1S/C16H22/c1-3-13-7-8-14-6-4-5-12-9-11(2)16(13)15(14)10-12/h7-8,11-12H,3-6,9-10H2,1-2H3. The number of hydrogen-bond acceptors (Lipinski definition) is 0. The van der Waals surface area contributed by atoms with E-state index in [0.717, 1.165) is 11.8 Å². The Morgan fingerprint density at radius 3 is 3.00 bits per heavy atom. The van der Waals surface area contributed by atoms with Crippen LogP contribution in [-0.2, 0) is 19.3 Å². The zero-order chi connectivity index (χ0) is 11.1. The molecule has 0 aromatic heterocycles. The molecule has 0 heteroatoms. The maximum absolute atomic E-state index is 2.44. The van der Waals surface area contributed by atoms with Gasteiger partial charge in [-0.3, -0.25) is 0 Å². The molecule has 86 valence electrons. The van der Waals surface area contributed by atoms with Gasteiger partial charge in [0, 0.05) is 0 Å². The van der Waals surface area contributed by atoms with Crippen molar-refractivity contribution in [1.82, 2.24) is 0 Å². The Morgan fingerprint density at radius 1 is 1.31 bits per heavy atom. The molecule has 2 unspecified atom stereocenters. The number of aryl methyl sites for hydroxylation is 2. The summed E-state index contributed by atoms with van der Waals surface area (Å²) >= 11 is 0. The van der Waals surface area contributed by atoms with Gasteiger partial charge in [0.15, 0.2) is 0 Å². The molecule has 0 aliphatic heterocycles. The lowest BCUT2D eigenvalue weighted by atomic mass is 9.74. The van der Waals surface area contributed by atoms with E-state index in [1.165, 1.54) is 38.5 Å².